The third-order valence-electron chi connectivity index (χ3n) is 5.88. The third kappa shape index (κ3) is 5.78. The van der Waals surface area contributed by atoms with Crippen molar-refractivity contribution in [1.82, 2.24) is 8.75 Å². The number of carboxylic acids is 1. The third-order valence-corrected chi connectivity index (χ3v) is 6.44. The lowest BCUT2D eigenvalue weighted by Crippen LogP contribution is -2.14. The largest absolute Gasteiger partial charge is 0.497 e. The Kier molecular flexibility index (Phi) is 8.07. The van der Waals surface area contributed by atoms with E-state index in [4.69, 9.17) is 4.74 Å². The van der Waals surface area contributed by atoms with Gasteiger partial charge in [-0.15, -0.1) is 0 Å². The van der Waals surface area contributed by atoms with Crippen molar-refractivity contribution in [2.45, 2.75) is 26.2 Å². The minimum atomic E-state index is -1.17. The van der Waals surface area contributed by atoms with Gasteiger partial charge in [0.2, 0.25) is 0 Å². The van der Waals surface area contributed by atoms with E-state index < -0.39 is 5.97 Å². The summed E-state index contributed by atoms with van der Waals surface area (Å²) < 4.78 is 13.6. The molecule has 0 aliphatic carbocycles. The first-order chi connectivity index (χ1) is 17.5. The molecule has 0 saturated carbocycles. The number of hydrogen-bond acceptors (Lipinski definition) is 7. The Balaban J connectivity index is 1.77. The molecular weight excluding hydrogens is 474 g/mol. The number of carbonyl (C=O) groups excluding carboxylic acids is 1. The van der Waals surface area contributed by atoms with Crippen LogP contribution in [0.15, 0.2) is 72.3 Å². The SMILES string of the molecule is CCCCNc1ccc(C/C(C(=O)c2ccc(OC)cc2)=C(\C(=O)O)c2ccc3nsnc3c2)cc1. The number of aromatic nitrogens is 2. The van der Waals surface area contributed by atoms with E-state index >= 15 is 0 Å². The molecule has 8 heteroatoms. The Morgan fingerprint density at radius 1 is 0.944 bits per heavy atom. The first-order valence-corrected chi connectivity index (χ1v) is 12.4. The predicted octanol–water partition coefficient (Wildman–Crippen LogP) is 5.88. The molecule has 7 nitrogen and oxygen atoms in total. The van der Waals surface area contributed by atoms with Crippen molar-refractivity contribution in [1.29, 1.82) is 0 Å². The molecule has 184 valence electrons. The van der Waals surface area contributed by atoms with E-state index in [0.717, 1.165) is 42.4 Å². The van der Waals surface area contributed by atoms with Crippen molar-refractivity contribution in [3.8, 4) is 5.75 Å². The molecule has 0 saturated heterocycles. The summed E-state index contributed by atoms with van der Waals surface area (Å²) in [5.41, 5.74) is 4.05. The fourth-order valence-corrected chi connectivity index (χ4v) is 4.43. The van der Waals surface area contributed by atoms with Crippen LogP contribution in [0, 0.1) is 0 Å². The average Bonchev–Trinajstić information content (AvgIpc) is 3.37. The lowest BCUT2D eigenvalue weighted by molar-refractivity contribution is -0.130. The number of anilines is 1. The first kappa shape index (κ1) is 25.1. The number of methoxy groups -OCH3 is 1. The van der Waals surface area contributed by atoms with Gasteiger partial charge in [0.15, 0.2) is 5.78 Å². The molecule has 2 N–H and O–H groups in total. The average molecular weight is 502 g/mol. The van der Waals surface area contributed by atoms with E-state index in [-0.39, 0.29) is 23.4 Å². The molecule has 0 aliphatic heterocycles. The topological polar surface area (TPSA) is 101 Å². The summed E-state index contributed by atoms with van der Waals surface area (Å²) in [5.74, 6) is -0.910. The summed E-state index contributed by atoms with van der Waals surface area (Å²) >= 11 is 1.06. The molecule has 0 atom stereocenters. The molecule has 0 unspecified atom stereocenters. The maximum absolute atomic E-state index is 13.7. The number of benzene rings is 3. The number of carboxylic acid groups (broad SMARTS) is 1. The van der Waals surface area contributed by atoms with Gasteiger partial charge in [-0.05, 0) is 66.1 Å². The van der Waals surface area contributed by atoms with E-state index in [2.05, 4.69) is 21.0 Å². The highest BCUT2D eigenvalue weighted by molar-refractivity contribution is 7.00. The highest BCUT2D eigenvalue weighted by Gasteiger charge is 2.24. The summed E-state index contributed by atoms with van der Waals surface area (Å²) in [6, 6.07) is 19.5. The summed E-state index contributed by atoms with van der Waals surface area (Å²) in [6.45, 7) is 3.02. The molecule has 4 rings (SSSR count). The van der Waals surface area contributed by atoms with Crippen molar-refractivity contribution >= 4 is 45.8 Å². The Morgan fingerprint density at radius 2 is 1.64 bits per heavy atom. The van der Waals surface area contributed by atoms with Gasteiger partial charge in [-0.25, -0.2) is 4.79 Å². The van der Waals surface area contributed by atoms with E-state index in [1.54, 1.807) is 49.6 Å². The number of ether oxygens (including phenoxy) is 1. The second kappa shape index (κ2) is 11.6. The van der Waals surface area contributed by atoms with Gasteiger partial charge in [-0.2, -0.15) is 8.75 Å². The number of carbonyl (C=O) groups is 2. The van der Waals surface area contributed by atoms with Crippen LogP contribution in [0.4, 0.5) is 5.69 Å². The van der Waals surface area contributed by atoms with E-state index in [0.29, 0.717) is 27.9 Å². The normalized spacial score (nSPS) is 11.7. The van der Waals surface area contributed by atoms with Gasteiger partial charge < -0.3 is 15.2 Å². The Labute approximate surface area is 213 Å². The summed E-state index contributed by atoms with van der Waals surface area (Å²) in [4.78, 5) is 26.3. The molecule has 0 fully saturated rings. The fraction of sp³-hybridized carbons (Fsp3) is 0.214. The molecule has 3 aromatic carbocycles. The monoisotopic (exact) mass is 501 g/mol. The smallest absolute Gasteiger partial charge is 0.336 e. The number of ketones is 1. The maximum atomic E-state index is 13.7. The lowest BCUT2D eigenvalue weighted by Gasteiger charge is -2.14. The van der Waals surface area contributed by atoms with E-state index in [1.165, 1.54) is 0 Å². The van der Waals surface area contributed by atoms with Gasteiger partial charge in [0, 0.05) is 29.8 Å². The number of unbranched alkanes of at least 4 members (excludes halogenated alkanes) is 1. The van der Waals surface area contributed by atoms with Crippen molar-refractivity contribution in [3.05, 3.63) is 89.0 Å². The predicted molar refractivity (Wildman–Crippen MR) is 143 cm³/mol. The molecule has 36 heavy (non-hydrogen) atoms. The molecule has 1 aromatic heterocycles. The van der Waals surface area contributed by atoms with Crippen LogP contribution < -0.4 is 10.1 Å². The van der Waals surface area contributed by atoms with Crippen molar-refractivity contribution < 1.29 is 19.4 Å². The Hall–Kier alpha value is -4.04. The quantitative estimate of drug-likeness (QED) is 0.150. The zero-order chi connectivity index (χ0) is 25.5. The second-order valence-corrected chi connectivity index (χ2v) is 8.87. The number of nitrogens with zero attached hydrogens (tertiary/aromatic N) is 2. The molecular formula is C28H27N3O4S. The summed E-state index contributed by atoms with van der Waals surface area (Å²) in [6.07, 6.45) is 2.34. The van der Waals surface area contributed by atoms with Crippen molar-refractivity contribution in [3.63, 3.8) is 0 Å². The molecule has 0 amide bonds. The summed E-state index contributed by atoms with van der Waals surface area (Å²) in [5, 5.41) is 13.6. The molecule has 0 spiro atoms. The van der Waals surface area contributed by atoms with Gasteiger partial charge in [-0.3, -0.25) is 4.79 Å². The van der Waals surface area contributed by atoms with Crippen LogP contribution in [0.25, 0.3) is 16.6 Å². The lowest BCUT2D eigenvalue weighted by atomic mass is 9.89. The van der Waals surface area contributed by atoms with Gasteiger partial charge in [-0.1, -0.05) is 31.5 Å². The van der Waals surface area contributed by atoms with Crippen molar-refractivity contribution in [2.24, 2.45) is 0 Å². The highest BCUT2D eigenvalue weighted by Crippen LogP contribution is 2.28. The first-order valence-electron chi connectivity index (χ1n) is 11.7. The number of fused-ring (bicyclic) bond motifs is 1. The Bertz CT molecular complexity index is 1390. The van der Waals surface area contributed by atoms with Gasteiger partial charge in [0.1, 0.15) is 16.8 Å². The van der Waals surface area contributed by atoms with Crippen LogP contribution in [-0.4, -0.2) is 39.3 Å². The highest BCUT2D eigenvalue weighted by atomic mass is 32.1. The zero-order valence-corrected chi connectivity index (χ0v) is 21.0. The molecule has 1 heterocycles. The number of aliphatic carboxylic acids is 1. The van der Waals surface area contributed by atoms with Crippen LogP contribution in [-0.2, 0) is 11.2 Å². The van der Waals surface area contributed by atoms with Crippen molar-refractivity contribution in [2.75, 3.05) is 19.0 Å². The van der Waals surface area contributed by atoms with Gasteiger partial charge >= 0.3 is 5.97 Å². The molecule has 0 aliphatic rings. The van der Waals surface area contributed by atoms with Crippen LogP contribution in [0.2, 0.25) is 0 Å². The van der Waals surface area contributed by atoms with Crippen LogP contribution in [0.3, 0.4) is 0 Å². The second-order valence-electron chi connectivity index (χ2n) is 8.34. The number of nitrogens with one attached hydrogen (secondary N) is 1. The minimum absolute atomic E-state index is 0.0455. The Morgan fingerprint density at radius 3 is 2.31 bits per heavy atom. The number of allylic oxidation sites excluding steroid dienone is 1. The van der Waals surface area contributed by atoms with E-state index in [1.807, 2.05) is 24.3 Å². The number of hydrogen-bond donors (Lipinski definition) is 2. The minimum Gasteiger partial charge on any atom is -0.497 e. The van der Waals surface area contributed by atoms with E-state index in [9.17, 15) is 14.7 Å². The zero-order valence-electron chi connectivity index (χ0n) is 20.2. The van der Waals surface area contributed by atoms with Crippen LogP contribution in [0.5, 0.6) is 5.75 Å². The van der Waals surface area contributed by atoms with Gasteiger partial charge in [0.05, 0.1) is 24.4 Å². The maximum Gasteiger partial charge on any atom is 0.336 e. The number of Topliss-reactive ketones (excluding diaryl/α,β-unsaturated/α-hetero) is 1. The molecule has 0 bridgehead atoms. The fourth-order valence-electron chi connectivity index (χ4n) is 3.92. The standard InChI is InChI=1S/C28H27N3O4S/c1-3-4-15-29-21-10-5-18(6-11-21)16-23(27(32)19-7-12-22(35-2)13-8-19)26(28(33)34)20-9-14-24-25(17-20)31-36-30-24/h5-14,17,29H,3-4,15-16H2,1-2H3,(H,33,34)/b26-23+. The molecule has 0 radical (unpaired) electrons. The van der Waals surface area contributed by atoms with Crippen LogP contribution in [0.1, 0.15) is 41.3 Å². The number of rotatable bonds is 11. The molecule has 4 aromatic rings. The van der Waals surface area contributed by atoms with Gasteiger partial charge in [0.25, 0.3) is 0 Å². The van der Waals surface area contributed by atoms with Crippen LogP contribution >= 0.6 is 11.7 Å². The summed E-state index contributed by atoms with van der Waals surface area (Å²) in [7, 11) is 1.55.